The van der Waals surface area contributed by atoms with Crippen LogP contribution in [0.2, 0.25) is 0 Å². The summed E-state index contributed by atoms with van der Waals surface area (Å²) in [6.07, 6.45) is 4.24. The molecule has 88 valence electrons. The van der Waals surface area contributed by atoms with Gasteiger partial charge in [0.25, 0.3) is 0 Å². The Labute approximate surface area is 96.9 Å². The summed E-state index contributed by atoms with van der Waals surface area (Å²) in [6, 6.07) is 4.53. The highest BCUT2D eigenvalue weighted by atomic mass is 15.3. The van der Waals surface area contributed by atoms with Crippen LogP contribution in [0.15, 0.2) is 12.1 Å². The summed E-state index contributed by atoms with van der Waals surface area (Å²) in [5.74, 6) is 0.992. The second-order valence-corrected chi connectivity index (χ2v) is 4.46. The number of anilines is 1. The van der Waals surface area contributed by atoms with Gasteiger partial charge < -0.3 is 10.6 Å². The minimum atomic E-state index is 0.364. The van der Waals surface area contributed by atoms with Crippen molar-refractivity contribution in [3.05, 3.63) is 17.8 Å². The van der Waals surface area contributed by atoms with E-state index >= 15 is 0 Å². The van der Waals surface area contributed by atoms with Gasteiger partial charge in [0.1, 0.15) is 0 Å². The molecule has 0 atom stereocenters. The Hall–Kier alpha value is -1.16. The molecule has 0 saturated carbocycles. The minimum absolute atomic E-state index is 0.364. The lowest BCUT2D eigenvalue weighted by atomic mass is 10.1. The van der Waals surface area contributed by atoms with Crippen molar-refractivity contribution in [2.75, 3.05) is 18.0 Å². The Morgan fingerprint density at radius 1 is 1.31 bits per heavy atom. The van der Waals surface area contributed by atoms with E-state index < -0.39 is 0 Å². The van der Waals surface area contributed by atoms with Crippen molar-refractivity contribution in [1.82, 2.24) is 10.2 Å². The van der Waals surface area contributed by atoms with Crippen molar-refractivity contribution < 1.29 is 0 Å². The fraction of sp³-hybridized carbons (Fsp3) is 0.667. The van der Waals surface area contributed by atoms with Gasteiger partial charge in [-0.05, 0) is 31.4 Å². The second kappa shape index (κ2) is 5.25. The van der Waals surface area contributed by atoms with Crippen LogP contribution >= 0.6 is 0 Å². The van der Waals surface area contributed by atoms with Crippen molar-refractivity contribution >= 4 is 5.82 Å². The molecule has 0 spiro atoms. The van der Waals surface area contributed by atoms with Gasteiger partial charge in [0.05, 0.1) is 5.69 Å². The van der Waals surface area contributed by atoms with E-state index in [1.54, 1.807) is 0 Å². The first kappa shape index (κ1) is 11.3. The summed E-state index contributed by atoms with van der Waals surface area (Å²) >= 11 is 0. The third kappa shape index (κ3) is 2.70. The maximum atomic E-state index is 5.88. The fourth-order valence-corrected chi connectivity index (χ4v) is 2.04. The SMILES string of the molecule is CCCc1ccc(N2CCC(N)CC2)nn1. The molecule has 1 aromatic heterocycles. The largest absolute Gasteiger partial charge is 0.355 e. The molecule has 1 saturated heterocycles. The molecule has 0 unspecified atom stereocenters. The lowest BCUT2D eigenvalue weighted by Crippen LogP contribution is -2.40. The summed E-state index contributed by atoms with van der Waals surface area (Å²) < 4.78 is 0. The first-order valence-corrected chi connectivity index (χ1v) is 6.12. The first-order chi connectivity index (χ1) is 7.79. The molecule has 1 fully saturated rings. The predicted octanol–water partition coefficient (Wildman–Crippen LogP) is 1.36. The quantitative estimate of drug-likeness (QED) is 0.835. The summed E-state index contributed by atoms with van der Waals surface area (Å²) in [7, 11) is 0. The average Bonchev–Trinajstić information content (AvgIpc) is 2.32. The molecule has 2 rings (SSSR count). The molecule has 0 amide bonds. The van der Waals surface area contributed by atoms with Crippen molar-refractivity contribution in [3.8, 4) is 0 Å². The molecular formula is C12H20N4. The number of nitrogens with zero attached hydrogens (tertiary/aromatic N) is 3. The Bertz CT molecular complexity index is 314. The van der Waals surface area contributed by atoms with Crippen molar-refractivity contribution in [3.63, 3.8) is 0 Å². The van der Waals surface area contributed by atoms with Crippen LogP contribution < -0.4 is 10.6 Å². The Kier molecular flexibility index (Phi) is 3.72. The van der Waals surface area contributed by atoms with E-state index in [0.717, 1.165) is 50.3 Å². The number of rotatable bonds is 3. The van der Waals surface area contributed by atoms with Crippen LogP contribution in [0.25, 0.3) is 0 Å². The molecule has 1 aromatic rings. The Morgan fingerprint density at radius 2 is 2.06 bits per heavy atom. The molecule has 0 radical (unpaired) electrons. The smallest absolute Gasteiger partial charge is 0.151 e. The van der Waals surface area contributed by atoms with Crippen LogP contribution in [0.4, 0.5) is 5.82 Å². The lowest BCUT2D eigenvalue weighted by Gasteiger charge is -2.30. The molecule has 1 aliphatic heterocycles. The predicted molar refractivity (Wildman–Crippen MR) is 65.4 cm³/mol. The van der Waals surface area contributed by atoms with Crippen LogP contribution in [-0.2, 0) is 6.42 Å². The zero-order valence-electron chi connectivity index (χ0n) is 9.89. The van der Waals surface area contributed by atoms with Crippen molar-refractivity contribution in [2.24, 2.45) is 5.73 Å². The number of hydrogen-bond acceptors (Lipinski definition) is 4. The molecule has 2 N–H and O–H groups in total. The molecular weight excluding hydrogens is 200 g/mol. The highest BCUT2D eigenvalue weighted by molar-refractivity contribution is 5.37. The standard InChI is InChI=1S/C12H20N4/c1-2-3-11-4-5-12(15-14-11)16-8-6-10(13)7-9-16/h4-5,10H,2-3,6-9,13H2,1H3. The van der Waals surface area contributed by atoms with E-state index in [4.69, 9.17) is 5.73 Å². The van der Waals surface area contributed by atoms with Crippen LogP contribution in [0.3, 0.4) is 0 Å². The molecule has 0 aliphatic carbocycles. The first-order valence-electron chi connectivity index (χ1n) is 6.12. The summed E-state index contributed by atoms with van der Waals surface area (Å²) in [4.78, 5) is 2.27. The third-order valence-corrected chi connectivity index (χ3v) is 3.08. The van der Waals surface area contributed by atoms with Crippen molar-refractivity contribution in [1.29, 1.82) is 0 Å². The van der Waals surface area contributed by atoms with Gasteiger partial charge in [0.2, 0.25) is 0 Å². The number of nitrogens with two attached hydrogens (primary N) is 1. The molecule has 2 heterocycles. The maximum Gasteiger partial charge on any atom is 0.151 e. The molecule has 1 aliphatic rings. The highest BCUT2D eigenvalue weighted by Gasteiger charge is 2.17. The Balaban J connectivity index is 1.98. The van der Waals surface area contributed by atoms with E-state index in [1.165, 1.54) is 0 Å². The van der Waals surface area contributed by atoms with Gasteiger partial charge in [-0.15, -0.1) is 5.10 Å². The minimum Gasteiger partial charge on any atom is -0.355 e. The van der Waals surface area contributed by atoms with Gasteiger partial charge in [-0.2, -0.15) is 5.10 Å². The van der Waals surface area contributed by atoms with Crippen LogP contribution in [-0.4, -0.2) is 29.3 Å². The molecule has 16 heavy (non-hydrogen) atoms. The zero-order chi connectivity index (χ0) is 11.4. The fourth-order valence-electron chi connectivity index (χ4n) is 2.04. The number of aryl methyl sites for hydroxylation is 1. The molecule has 0 bridgehead atoms. The number of piperidine rings is 1. The molecule has 0 aromatic carbocycles. The monoisotopic (exact) mass is 220 g/mol. The zero-order valence-corrected chi connectivity index (χ0v) is 9.89. The van der Waals surface area contributed by atoms with Gasteiger partial charge in [-0.25, -0.2) is 0 Å². The van der Waals surface area contributed by atoms with Gasteiger partial charge >= 0.3 is 0 Å². The van der Waals surface area contributed by atoms with E-state index in [-0.39, 0.29) is 0 Å². The van der Waals surface area contributed by atoms with E-state index in [0.29, 0.717) is 6.04 Å². The van der Waals surface area contributed by atoms with E-state index in [2.05, 4.69) is 34.2 Å². The van der Waals surface area contributed by atoms with E-state index in [1.807, 2.05) is 0 Å². The summed E-state index contributed by atoms with van der Waals surface area (Å²) in [5.41, 5.74) is 6.96. The normalized spacial score (nSPS) is 17.8. The van der Waals surface area contributed by atoms with E-state index in [9.17, 15) is 0 Å². The lowest BCUT2D eigenvalue weighted by molar-refractivity contribution is 0.497. The van der Waals surface area contributed by atoms with Crippen molar-refractivity contribution in [2.45, 2.75) is 38.6 Å². The van der Waals surface area contributed by atoms with Gasteiger partial charge in [-0.1, -0.05) is 13.3 Å². The molecule has 4 nitrogen and oxygen atoms in total. The second-order valence-electron chi connectivity index (χ2n) is 4.46. The van der Waals surface area contributed by atoms with Gasteiger partial charge in [0.15, 0.2) is 5.82 Å². The summed E-state index contributed by atoms with van der Waals surface area (Å²) in [6.45, 7) is 4.16. The maximum absolute atomic E-state index is 5.88. The number of aromatic nitrogens is 2. The Morgan fingerprint density at radius 3 is 2.62 bits per heavy atom. The average molecular weight is 220 g/mol. The van der Waals surface area contributed by atoms with Gasteiger partial charge in [0, 0.05) is 19.1 Å². The molecule has 4 heteroatoms. The summed E-state index contributed by atoms with van der Waals surface area (Å²) in [5, 5.41) is 8.52. The van der Waals surface area contributed by atoms with Crippen LogP contribution in [0.5, 0.6) is 0 Å². The van der Waals surface area contributed by atoms with Crippen LogP contribution in [0.1, 0.15) is 31.9 Å². The topological polar surface area (TPSA) is 55.0 Å². The highest BCUT2D eigenvalue weighted by Crippen LogP contribution is 2.16. The third-order valence-electron chi connectivity index (χ3n) is 3.08. The number of hydrogen-bond donors (Lipinski definition) is 1. The van der Waals surface area contributed by atoms with Gasteiger partial charge in [-0.3, -0.25) is 0 Å². The van der Waals surface area contributed by atoms with Crippen LogP contribution in [0, 0.1) is 0 Å².